The standard InChI is InChI=1S/C12H14N4O5/c1-20-11(18)15-13-6-8-3-4-10(17)9(5-8)7-14-16-12(19)21-2/h3-7,17H,1-2H3,(H,15,18)(H,16,19). The number of benzene rings is 1. The molecule has 0 fully saturated rings. The Balaban J connectivity index is 2.75. The number of methoxy groups -OCH3 is 2. The maximum absolute atomic E-state index is 10.8. The number of hydrazone groups is 2. The van der Waals surface area contributed by atoms with Crippen LogP contribution in [0.1, 0.15) is 11.1 Å². The van der Waals surface area contributed by atoms with Crippen LogP contribution in [0.15, 0.2) is 28.4 Å². The van der Waals surface area contributed by atoms with Crippen LogP contribution in [0.25, 0.3) is 0 Å². The number of carbonyl (C=O) groups is 2. The zero-order chi connectivity index (χ0) is 15.7. The third-order valence-electron chi connectivity index (χ3n) is 2.15. The number of nitrogens with one attached hydrogen (secondary N) is 2. The maximum Gasteiger partial charge on any atom is 0.427 e. The lowest BCUT2D eigenvalue weighted by atomic mass is 10.1. The van der Waals surface area contributed by atoms with E-state index in [1.165, 1.54) is 32.7 Å². The summed E-state index contributed by atoms with van der Waals surface area (Å²) in [5, 5.41) is 16.9. The summed E-state index contributed by atoms with van der Waals surface area (Å²) in [5.41, 5.74) is 5.13. The first-order valence-corrected chi connectivity index (χ1v) is 5.64. The van der Waals surface area contributed by atoms with E-state index in [0.29, 0.717) is 11.1 Å². The quantitative estimate of drug-likeness (QED) is 0.559. The molecular formula is C12H14N4O5. The topological polar surface area (TPSA) is 122 Å². The molecule has 0 aliphatic carbocycles. The van der Waals surface area contributed by atoms with Crippen LogP contribution in [0.4, 0.5) is 9.59 Å². The number of phenolic OH excluding ortho intramolecular Hbond substituents is 1. The van der Waals surface area contributed by atoms with Gasteiger partial charge in [-0.2, -0.15) is 10.2 Å². The number of ether oxygens (including phenoxy) is 2. The SMILES string of the molecule is COC(=O)NN=Cc1ccc(O)c(C=NNC(=O)OC)c1. The Morgan fingerprint density at radius 3 is 2.24 bits per heavy atom. The van der Waals surface area contributed by atoms with Gasteiger partial charge in [0.15, 0.2) is 0 Å². The lowest BCUT2D eigenvalue weighted by Crippen LogP contribution is -2.17. The first-order valence-electron chi connectivity index (χ1n) is 5.64. The molecule has 1 aromatic rings. The maximum atomic E-state index is 10.8. The molecule has 0 aromatic heterocycles. The minimum atomic E-state index is -0.731. The molecule has 3 N–H and O–H groups in total. The van der Waals surface area contributed by atoms with Gasteiger partial charge in [0.1, 0.15) is 5.75 Å². The predicted octanol–water partition coefficient (Wildman–Crippen LogP) is 0.772. The first-order chi connectivity index (χ1) is 10.1. The summed E-state index contributed by atoms with van der Waals surface area (Å²) in [6, 6.07) is 4.53. The van der Waals surface area contributed by atoms with E-state index in [2.05, 4.69) is 30.5 Å². The molecule has 0 atom stereocenters. The fourth-order valence-electron chi connectivity index (χ4n) is 1.16. The van der Waals surface area contributed by atoms with Gasteiger partial charge in [0.2, 0.25) is 0 Å². The van der Waals surface area contributed by atoms with Crippen molar-refractivity contribution in [2.24, 2.45) is 10.2 Å². The van der Waals surface area contributed by atoms with Gasteiger partial charge in [-0.15, -0.1) is 0 Å². The van der Waals surface area contributed by atoms with Crippen LogP contribution in [0.3, 0.4) is 0 Å². The first kappa shape index (κ1) is 16.0. The van der Waals surface area contributed by atoms with Crippen molar-refractivity contribution in [2.45, 2.75) is 0 Å². The van der Waals surface area contributed by atoms with Crippen molar-refractivity contribution in [3.05, 3.63) is 29.3 Å². The molecule has 0 saturated heterocycles. The van der Waals surface area contributed by atoms with Gasteiger partial charge < -0.3 is 14.6 Å². The van der Waals surface area contributed by atoms with Crippen molar-refractivity contribution < 1.29 is 24.2 Å². The third-order valence-corrected chi connectivity index (χ3v) is 2.15. The molecule has 112 valence electrons. The Morgan fingerprint density at radius 1 is 1.10 bits per heavy atom. The van der Waals surface area contributed by atoms with Crippen molar-refractivity contribution in [3.63, 3.8) is 0 Å². The second-order valence-corrected chi connectivity index (χ2v) is 3.54. The van der Waals surface area contributed by atoms with Gasteiger partial charge in [-0.1, -0.05) is 0 Å². The van der Waals surface area contributed by atoms with Gasteiger partial charge >= 0.3 is 12.2 Å². The van der Waals surface area contributed by atoms with Crippen molar-refractivity contribution in [3.8, 4) is 5.75 Å². The average molecular weight is 294 g/mol. The number of rotatable bonds is 4. The average Bonchev–Trinajstić information content (AvgIpc) is 2.49. The van der Waals surface area contributed by atoms with Gasteiger partial charge in [0, 0.05) is 5.56 Å². The second kappa shape index (κ2) is 8.15. The largest absolute Gasteiger partial charge is 0.507 e. The Labute approximate surface area is 120 Å². The monoisotopic (exact) mass is 294 g/mol. The number of hydrogen-bond donors (Lipinski definition) is 3. The van der Waals surface area contributed by atoms with Crippen LogP contribution >= 0.6 is 0 Å². The van der Waals surface area contributed by atoms with Crippen LogP contribution in [-0.2, 0) is 9.47 Å². The lowest BCUT2D eigenvalue weighted by Gasteiger charge is -2.01. The third kappa shape index (κ3) is 5.59. The molecule has 0 aliphatic heterocycles. The molecule has 0 unspecified atom stereocenters. The van der Waals surface area contributed by atoms with Crippen LogP contribution in [-0.4, -0.2) is 43.9 Å². The highest BCUT2D eigenvalue weighted by Crippen LogP contribution is 2.15. The molecule has 0 spiro atoms. The number of nitrogens with zero attached hydrogens (tertiary/aromatic N) is 2. The van der Waals surface area contributed by atoms with Gasteiger partial charge in [-0.3, -0.25) is 0 Å². The summed E-state index contributed by atoms with van der Waals surface area (Å²) >= 11 is 0. The van der Waals surface area contributed by atoms with E-state index in [9.17, 15) is 14.7 Å². The van der Waals surface area contributed by atoms with Crippen molar-refractivity contribution in [1.82, 2.24) is 10.9 Å². The minimum Gasteiger partial charge on any atom is -0.507 e. The normalized spacial score (nSPS) is 10.6. The Kier molecular flexibility index (Phi) is 6.19. The summed E-state index contributed by atoms with van der Waals surface area (Å²) in [5.74, 6) is -0.0384. The van der Waals surface area contributed by atoms with E-state index >= 15 is 0 Å². The molecule has 21 heavy (non-hydrogen) atoms. The van der Waals surface area contributed by atoms with Crippen molar-refractivity contribution in [2.75, 3.05) is 14.2 Å². The molecule has 1 aromatic carbocycles. The number of hydrogen-bond acceptors (Lipinski definition) is 7. The van der Waals surface area contributed by atoms with Crippen molar-refractivity contribution >= 4 is 24.6 Å². The highest BCUT2D eigenvalue weighted by Gasteiger charge is 2.01. The van der Waals surface area contributed by atoms with E-state index in [1.807, 2.05) is 0 Å². The van der Waals surface area contributed by atoms with Crippen LogP contribution < -0.4 is 10.9 Å². The predicted molar refractivity (Wildman–Crippen MR) is 74.4 cm³/mol. The summed E-state index contributed by atoms with van der Waals surface area (Å²) in [7, 11) is 2.42. The molecule has 2 amide bonds. The molecule has 9 nitrogen and oxygen atoms in total. The molecule has 0 saturated carbocycles. The molecule has 9 heteroatoms. The molecule has 1 rings (SSSR count). The second-order valence-electron chi connectivity index (χ2n) is 3.54. The van der Waals surface area contributed by atoms with Gasteiger partial charge in [0.25, 0.3) is 0 Å². The van der Waals surface area contributed by atoms with E-state index in [1.54, 1.807) is 12.1 Å². The highest BCUT2D eigenvalue weighted by molar-refractivity contribution is 5.89. The summed E-state index contributed by atoms with van der Waals surface area (Å²) in [4.78, 5) is 21.6. The van der Waals surface area contributed by atoms with Crippen molar-refractivity contribution in [1.29, 1.82) is 0 Å². The number of aromatic hydroxyl groups is 1. The van der Waals surface area contributed by atoms with Crippen LogP contribution in [0, 0.1) is 0 Å². The van der Waals surface area contributed by atoms with Crippen LogP contribution in [0.5, 0.6) is 5.75 Å². The molecule has 0 radical (unpaired) electrons. The van der Waals surface area contributed by atoms with E-state index in [4.69, 9.17) is 0 Å². The smallest absolute Gasteiger partial charge is 0.427 e. The Morgan fingerprint density at radius 2 is 1.67 bits per heavy atom. The molecule has 0 aliphatic rings. The number of amides is 2. The van der Waals surface area contributed by atoms with Gasteiger partial charge in [-0.25, -0.2) is 20.4 Å². The van der Waals surface area contributed by atoms with Gasteiger partial charge in [-0.05, 0) is 23.8 Å². The number of phenols is 1. The van der Waals surface area contributed by atoms with Gasteiger partial charge in [0.05, 0.1) is 26.6 Å². The fraction of sp³-hybridized carbons (Fsp3) is 0.167. The Bertz CT molecular complexity index is 571. The summed E-state index contributed by atoms with van der Waals surface area (Å²) in [6.45, 7) is 0. The Hall–Kier alpha value is -3.10. The zero-order valence-electron chi connectivity index (χ0n) is 11.4. The summed E-state index contributed by atoms with van der Waals surface area (Å²) in [6.07, 6.45) is 1.15. The summed E-state index contributed by atoms with van der Waals surface area (Å²) < 4.78 is 8.67. The molecule has 0 bridgehead atoms. The minimum absolute atomic E-state index is 0.0384. The highest BCUT2D eigenvalue weighted by atomic mass is 16.5. The molecular weight excluding hydrogens is 280 g/mol. The molecule has 0 heterocycles. The van der Waals surface area contributed by atoms with Crippen LogP contribution in [0.2, 0.25) is 0 Å². The van der Waals surface area contributed by atoms with E-state index < -0.39 is 12.2 Å². The fourth-order valence-corrected chi connectivity index (χ4v) is 1.16. The number of carbonyl (C=O) groups excluding carboxylic acids is 2. The zero-order valence-corrected chi connectivity index (χ0v) is 11.4. The van der Waals surface area contributed by atoms with E-state index in [0.717, 1.165) is 0 Å². The van der Waals surface area contributed by atoms with E-state index in [-0.39, 0.29) is 5.75 Å². The lowest BCUT2D eigenvalue weighted by molar-refractivity contribution is 0.170.